The van der Waals surface area contributed by atoms with E-state index >= 15 is 0 Å². The van der Waals surface area contributed by atoms with E-state index in [0.717, 1.165) is 64.3 Å². The zero-order chi connectivity index (χ0) is 70.3. The molecule has 0 radical (unpaired) electrons. The molecule has 5 unspecified atom stereocenters. The van der Waals surface area contributed by atoms with Crippen molar-refractivity contribution < 1.29 is 95.3 Å². The zero-order valence-electron chi connectivity index (χ0n) is 58.5. The van der Waals surface area contributed by atoms with Gasteiger partial charge in [-0.15, -0.1) is 0 Å². The third-order valence-electron chi connectivity index (χ3n) is 14.0. The average Bonchev–Trinajstić information content (AvgIpc) is 3.73. The molecule has 25 nitrogen and oxygen atoms in total. The lowest BCUT2D eigenvalue weighted by Gasteiger charge is -2.22. The van der Waals surface area contributed by atoms with Gasteiger partial charge in [0.15, 0.2) is 0 Å². The fourth-order valence-corrected chi connectivity index (χ4v) is 12.4. The molecule has 0 heterocycles. The summed E-state index contributed by atoms with van der Waals surface area (Å²) in [7, 11) is 5.98. The van der Waals surface area contributed by atoms with Crippen LogP contribution in [0.25, 0.3) is 0 Å². The predicted molar refractivity (Wildman–Crippen MR) is 373 cm³/mol. The molecule has 0 aromatic rings. The summed E-state index contributed by atoms with van der Waals surface area (Å²) in [5.41, 5.74) is 0. The number of hydrogen-bond acceptors (Lipinski definition) is 30. The van der Waals surface area contributed by atoms with Gasteiger partial charge in [0.2, 0.25) is 0 Å². The number of rotatable bonds is 61. The summed E-state index contributed by atoms with van der Waals surface area (Å²) in [6, 6.07) is 0. The Balaban J connectivity index is 4.35. The molecule has 0 fully saturated rings. The van der Waals surface area contributed by atoms with E-state index in [0.29, 0.717) is 60.7 Å². The highest BCUT2D eigenvalue weighted by atomic mass is 32.2. The SMILES string of the molecule is CCCN(CCSCC(C)C(=O)OCCOC(=O)CCN(C)CCCN(C)CCCN(C)CCC(=O)OCCOC(=O)C(C)CSCCN(CCC(=O)OCCOC(=O)C(C)CSC)CCC(=O)OCCOC(=O)C(C)CSC)CCC(=O)OCCOC(=O)C(C)CSC. The predicted octanol–water partition coefficient (Wildman–Crippen LogP) is 5.69. The quantitative estimate of drug-likeness (QED) is 0.0401. The van der Waals surface area contributed by atoms with E-state index in [-0.39, 0.29) is 177 Å². The number of nitrogens with zero attached hydrogens (tertiary/aromatic N) is 5. The fourth-order valence-electron chi connectivity index (χ4n) is 8.41. The highest BCUT2D eigenvalue weighted by Crippen LogP contribution is 2.15. The number of hydrogen-bond donors (Lipinski definition) is 0. The van der Waals surface area contributed by atoms with Crippen molar-refractivity contribution >= 4 is 119 Å². The van der Waals surface area contributed by atoms with Crippen molar-refractivity contribution in [2.24, 2.45) is 29.6 Å². The second kappa shape index (κ2) is 59.3. The van der Waals surface area contributed by atoms with E-state index in [2.05, 4.69) is 33.6 Å². The monoisotopic (exact) mass is 1430 g/mol. The van der Waals surface area contributed by atoms with Gasteiger partial charge >= 0.3 is 59.7 Å². The molecule has 0 bridgehead atoms. The van der Waals surface area contributed by atoms with Crippen LogP contribution in [0.15, 0.2) is 0 Å². The van der Waals surface area contributed by atoms with Crippen molar-refractivity contribution in [3.05, 3.63) is 0 Å². The molecule has 0 saturated carbocycles. The van der Waals surface area contributed by atoms with E-state index in [1.165, 1.54) is 35.3 Å². The van der Waals surface area contributed by atoms with Crippen molar-refractivity contribution in [2.75, 3.05) is 225 Å². The highest BCUT2D eigenvalue weighted by Gasteiger charge is 2.21. The van der Waals surface area contributed by atoms with Crippen LogP contribution < -0.4 is 0 Å². The molecule has 0 spiro atoms. The molecule has 0 amide bonds. The maximum Gasteiger partial charge on any atom is 0.309 e. The van der Waals surface area contributed by atoms with Gasteiger partial charge in [0.1, 0.15) is 66.1 Å². The van der Waals surface area contributed by atoms with E-state index in [9.17, 15) is 47.9 Å². The Hall–Kier alpha value is -3.75. The molecule has 94 heavy (non-hydrogen) atoms. The minimum absolute atomic E-state index is 0.00818. The standard InChI is InChI=1S/C64H115N5O20S5/c1-13-21-68(28-18-57(72)82-35-38-85-60(75)50(2)45-90-10)31-43-93-48-53(5)63(78)88-41-33-80-55(70)16-26-66(8)24-14-22-65(7)23-15-25-67(9)27-17-56(71)81-34-42-89-64(79)54(6)49-94-44-32-69(29-19-58(73)83-36-39-86-61(76)51(3)46-91-11)30-20-59(74)84-37-40-87-62(77)52(4)47-92-12/h50-54H,13-49H2,1-12H3. The van der Waals surface area contributed by atoms with E-state index < -0.39 is 23.8 Å². The Morgan fingerprint density at radius 1 is 0.298 bits per heavy atom. The van der Waals surface area contributed by atoms with Crippen LogP contribution in [-0.2, 0) is 95.3 Å². The zero-order valence-corrected chi connectivity index (χ0v) is 62.6. The second-order valence-electron chi connectivity index (χ2n) is 23.0. The highest BCUT2D eigenvalue weighted by molar-refractivity contribution is 7.99. The van der Waals surface area contributed by atoms with Gasteiger partial charge in [-0.1, -0.05) is 41.5 Å². The van der Waals surface area contributed by atoms with Crippen LogP contribution in [-0.4, -0.2) is 309 Å². The van der Waals surface area contributed by atoms with Gasteiger partial charge in [-0.2, -0.15) is 58.8 Å². The van der Waals surface area contributed by atoms with E-state index in [1.54, 1.807) is 51.2 Å². The van der Waals surface area contributed by atoms with Crippen LogP contribution in [0.5, 0.6) is 0 Å². The van der Waals surface area contributed by atoms with Gasteiger partial charge < -0.3 is 71.9 Å². The fraction of sp³-hybridized carbons (Fsp3) is 0.844. The molecular weight excluding hydrogens is 1320 g/mol. The number of thioether (sulfide) groups is 5. The van der Waals surface area contributed by atoms with Crippen LogP contribution in [0.3, 0.4) is 0 Å². The van der Waals surface area contributed by atoms with Gasteiger partial charge in [0, 0.05) is 86.1 Å². The van der Waals surface area contributed by atoms with Crippen molar-refractivity contribution in [3.63, 3.8) is 0 Å². The summed E-state index contributed by atoms with van der Waals surface area (Å²) in [4.78, 5) is 134. The lowest BCUT2D eigenvalue weighted by atomic mass is 10.2. The molecular formula is C64H115N5O20S5. The largest absolute Gasteiger partial charge is 0.462 e. The van der Waals surface area contributed by atoms with Gasteiger partial charge in [0.25, 0.3) is 0 Å². The van der Waals surface area contributed by atoms with Crippen LogP contribution in [0, 0.1) is 29.6 Å². The van der Waals surface area contributed by atoms with Crippen molar-refractivity contribution in [3.8, 4) is 0 Å². The number of ether oxygens (including phenoxy) is 10. The lowest BCUT2D eigenvalue weighted by Crippen LogP contribution is -2.32. The van der Waals surface area contributed by atoms with Crippen LogP contribution in [0.1, 0.15) is 92.9 Å². The summed E-state index contributed by atoms with van der Waals surface area (Å²) in [6.07, 6.45) is 9.17. The van der Waals surface area contributed by atoms with Crippen molar-refractivity contribution in [1.29, 1.82) is 0 Å². The summed E-state index contributed by atoms with van der Waals surface area (Å²) in [5.74, 6) is -1.04. The Kier molecular flexibility index (Phi) is 57.0. The first-order valence-corrected chi connectivity index (χ1v) is 39.2. The maximum atomic E-state index is 12.7. The minimum atomic E-state index is -0.481. The van der Waals surface area contributed by atoms with Crippen LogP contribution >= 0.6 is 58.8 Å². The molecule has 0 saturated heterocycles. The van der Waals surface area contributed by atoms with Gasteiger partial charge in [-0.25, -0.2) is 0 Å². The third kappa shape index (κ3) is 51.5. The average molecular weight is 1430 g/mol. The molecule has 0 rings (SSSR count). The Morgan fingerprint density at radius 2 is 0.521 bits per heavy atom. The number of carbonyl (C=O) groups is 10. The minimum Gasteiger partial charge on any atom is -0.462 e. The molecule has 0 aliphatic heterocycles. The van der Waals surface area contributed by atoms with Crippen LogP contribution in [0.2, 0.25) is 0 Å². The molecule has 0 aliphatic carbocycles. The summed E-state index contributed by atoms with van der Waals surface area (Å²) >= 11 is 7.79. The summed E-state index contributed by atoms with van der Waals surface area (Å²) in [6.45, 7) is 18.2. The maximum absolute atomic E-state index is 12.7. The summed E-state index contributed by atoms with van der Waals surface area (Å²) < 4.78 is 52.7. The molecule has 0 N–H and O–H groups in total. The smallest absolute Gasteiger partial charge is 0.309 e. The molecule has 5 atom stereocenters. The lowest BCUT2D eigenvalue weighted by molar-refractivity contribution is -0.154. The Bertz CT molecular complexity index is 2070. The normalized spacial score (nSPS) is 13.0. The first-order valence-electron chi connectivity index (χ1n) is 32.7. The molecule has 0 aromatic heterocycles. The van der Waals surface area contributed by atoms with Crippen LogP contribution in [0.4, 0.5) is 0 Å². The van der Waals surface area contributed by atoms with Crippen molar-refractivity contribution in [1.82, 2.24) is 24.5 Å². The van der Waals surface area contributed by atoms with Gasteiger partial charge in [0.05, 0.1) is 61.7 Å². The first-order chi connectivity index (χ1) is 45.0. The van der Waals surface area contributed by atoms with Gasteiger partial charge in [-0.3, -0.25) is 47.9 Å². The second-order valence-corrected chi connectivity index (χ2v) is 28.0. The molecule has 0 aliphatic rings. The third-order valence-corrected chi connectivity index (χ3v) is 19.0. The molecule has 0 aromatic carbocycles. The Morgan fingerprint density at radius 3 is 0.777 bits per heavy atom. The van der Waals surface area contributed by atoms with E-state index in [4.69, 9.17) is 47.4 Å². The molecule has 546 valence electrons. The molecule has 30 heteroatoms. The van der Waals surface area contributed by atoms with Crippen molar-refractivity contribution in [2.45, 2.75) is 92.9 Å². The number of carbonyl (C=O) groups excluding carboxylic acids is 10. The first kappa shape index (κ1) is 90.2. The Labute approximate surface area is 582 Å². The van der Waals surface area contributed by atoms with E-state index in [1.807, 2.05) is 44.7 Å². The summed E-state index contributed by atoms with van der Waals surface area (Å²) in [5, 5.41) is 0. The van der Waals surface area contributed by atoms with Gasteiger partial charge in [-0.05, 0) is 91.9 Å². The topological polar surface area (TPSA) is 279 Å². The number of esters is 10.